The molecule has 1 heterocycles. The van der Waals surface area contributed by atoms with Gasteiger partial charge in [0.1, 0.15) is 17.6 Å². The smallest absolute Gasteiger partial charge is 0.327 e. The number of carboxylic acid groups (broad SMARTS) is 1. The molecule has 2 atom stereocenters. The summed E-state index contributed by atoms with van der Waals surface area (Å²) in [6.45, 7) is 5.57. The second-order valence-corrected chi connectivity index (χ2v) is 8.02. The van der Waals surface area contributed by atoms with Crippen molar-refractivity contribution in [2.24, 2.45) is 5.41 Å². The molecule has 1 saturated heterocycles. The van der Waals surface area contributed by atoms with Crippen LogP contribution in [0.25, 0.3) is 0 Å². The van der Waals surface area contributed by atoms with Gasteiger partial charge in [-0.05, 0) is 37.0 Å². The monoisotopic (exact) mass is 438 g/mol. The predicted octanol–water partition coefficient (Wildman–Crippen LogP) is 4.75. The molecule has 0 aromatic heterocycles. The number of carbonyl (C=O) groups excluding carboxylic acids is 2. The van der Waals surface area contributed by atoms with Crippen molar-refractivity contribution < 1.29 is 24.2 Å². The number of imide groups is 1. The van der Waals surface area contributed by atoms with Gasteiger partial charge in [-0.25, -0.2) is 9.69 Å². The van der Waals surface area contributed by atoms with Crippen LogP contribution in [-0.4, -0.2) is 33.6 Å². The predicted molar refractivity (Wildman–Crippen MR) is 120 cm³/mol. The third-order valence-corrected chi connectivity index (χ3v) is 6.46. The van der Waals surface area contributed by atoms with Gasteiger partial charge >= 0.3 is 12.0 Å². The normalized spacial score (nSPS) is 20.2. The van der Waals surface area contributed by atoms with Crippen molar-refractivity contribution in [3.05, 3.63) is 66.2 Å². The fraction of sp³-hybridized carbons (Fsp3) is 0.400. The molecule has 0 radical (unpaired) electrons. The molecule has 0 unspecified atom stereocenters. The second-order valence-electron chi connectivity index (χ2n) is 8.02. The third kappa shape index (κ3) is 3.83. The van der Waals surface area contributed by atoms with Crippen molar-refractivity contribution in [1.29, 1.82) is 0 Å². The van der Waals surface area contributed by atoms with Gasteiger partial charge in [-0.1, -0.05) is 69.3 Å². The maximum Gasteiger partial charge on any atom is 0.327 e. The Hall–Kier alpha value is -3.35. The summed E-state index contributed by atoms with van der Waals surface area (Å²) in [6, 6.07) is 17.2. The molecule has 2 N–H and O–H groups in total. The zero-order valence-corrected chi connectivity index (χ0v) is 18.7. The van der Waals surface area contributed by atoms with Crippen molar-refractivity contribution in [1.82, 2.24) is 10.2 Å². The van der Waals surface area contributed by atoms with Gasteiger partial charge in [0.05, 0.1) is 6.04 Å². The standard InChI is InChI=1S/C25H30N2O5/c1-4-20(18-13-9-7-10-14-18)26-23(31)27-22(30)24(5-2,6-3)25(27,17-21(28)29)32-19-15-11-8-12-16-19/h7-16,20H,4-6,17H2,1-3H3,(H,26,31)(H,28,29)/t20-,25+/m1/s1. The van der Waals surface area contributed by atoms with E-state index in [1.807, 2.05) is 57.2 Å². The maximum absolute atomic E-state index is 13.4. The van der Waals surface area contributed by atoms with Gasteiger partial charge in [0.15, 0.2) is 0 Å². The van der Waals surface area contributed by atoms with E-state index in [1.54, 1.807) is 24.3 Å². The van der Waals surface area contributed by atoms with Crippen LogP contribution in [0.1, 0.15) is 58.1 Å². The van der Waals surface area contributed by atoms with E-state index in [1.165, 1.54) is 0 Å². The number of ether oxygens (including phenoxy) is 1. The van der Waals surface area contributed by atoms with Crippen molar-refractivity contribution in [2.45, 2.75) is 58.2 Å². The minimum atomic E-state index is -1.63. The first-order valence-electron chi connectivity index (χ1n) is 11.0. The van der Waals surface area contributed by atoms with E-state index in [4.69, 9.17) is 4.74 Å². The summed E-state index contributed by atoms with van der Waals surface area (Å²) in [6.07, 6.45) is 0.797. The van der Waals surface area contributed by atoms with E-state index in [0.717, 1.165) is 10.5 Å². The Morgan fingerprint density at radius 3 is 2.06 bits per heavy atom. The topological polar surface area (TPSA) is 95.9 Å². The molecule has 3 rings (SSSR count). The van der Waals surface area contributed by atoms with Crippen molar-refractivity contribution in [3.8, 4) is 5.75 Å². The molecular weight excluding hydrogens is 408 g/mol. The molecule has 2 aromatic rings. The average Bonchev–Trinajstić information content (AvgIpc) is 2.79. The lowest BCUT2D eigenvalue weighted by atomic mass is 9.62. The largest absolute Gasteiger partial charge is 0.481 e. The Balaban J connectivity index is 2.02. The number of aliphatic carboxylic acids is 1. The first-order valence-corrected chi connectivity index (χ1v) is 11.0. The second kappa shape index (κ2) is 9.42. The molecule has 0 bridgehead atoms. The molecule has 0 spiro atoms. The number of carboxylic acids is 1. The van der Waals surface area contributed by atoms with E-state index in [-0.39, 0.29) is 6.04 Å². The van der Waals surface area contributed by atoms with Crippen LogP contribution in [-0.2, 0) is 9.59 Å². The summed E-state index contributed by atoms with van der Waals surface area (Å²) in [5.41, 5.74) is -1.84. The summed E-state index contributed by atoms with van der Waals surface area (Å²) < 4.78 is 6.24. The number of likely N-dealkylation sites (tertiary alicyclic amines) is 1. The molecule has 1 aliphatic rings. The number of rotatable bonds is 9. The van der Waals surface area contributed by atoms with E-state index in [0.29, 0.717) is 25.0 Å². The number of para-hydroxylation sites is 1. The number of nitrogens with one attached hydrogen (secondary N) is 1. The van der Waals surface area contributed by atoms with Gasteiger partial charge in [-0.15, -0.1) is 0 Å². The number of urea groups is 1. The number of hydrogen-bond acceptors (Lipinski definition) is 4. The van der Waals surface area contributed by atoms with Crippen LogP contribution in [0.4, 0.5) is 4.79 Å². The molecule has 32 heavy (non-hydrogen) atoms. The third-order valence-electron chi connectivity index (χ3n) is 6.46. The summed E-state index contributed by atoms with van der Waals surface area (Å²) in [4.78, 5) is 39.7. The van der Waals surface area contributed by atoms with E-state index >= 15 is 0 Å². The highest BCUT2D eigenvalue weighted by molar-refractivity contribution is 6.05. The number of amides is 3. The quantitative estimate of drug-likeness (QED) is 0.551. The van der Waals surface area contributed by atoms with Crippen molar-refractivity contribution in [3.63, 3.8) is 0 Å². The minimum Gasteiger partial charge on any atom is -0.481 e. The SMILES string of the molecule is CC[C@@H](NC(=O)N1C(=O)C(CC)(CC)[C@]1(CC(=O)O)Oc1ccccc1)c1ccccc1. The van der Waals surface area contributed by atoms with Gasteiger partial charge in [-0.3, -0.25) is 9.59 Å². The van der Waals surface area contributed by atoms with Crippen molar-refractivity contribution >= 4 is 17.9 Å². The molecule has 3 amide bonds. The van der Waals surface area contributed by atoms with Gasteiger partial charge < -0.3 is 15.2 Å². The highest BCUT2D eigenvalue weighted by Gasteiger charge is 2.74. The molecule has 0 saturated carbocycles. The van der Waals surface area contributed by atoms with Crippen LogP contribution < -0.4 is 10.1 Å². The first-order chi connectivity index (χ1) is 15.3. The number of hydrogen-bond donors (Lipinski definition) is 2. The molecular formula is C25H30N2O5. The van der Waals surface area contributed by atoms with Crippen molar-refractivity contribution in [2.75, 3.05) is 0 Å². The van der Waals surface area contributed by atoms with E-state index in [2.05, 4.69) is 5.32 Å². The molecule has 0 aliphatic carbocycles. The lowest BCUT2D eigenvalue weighted by Crippen LogP contribution is -2.82. The Labute approximate surface area is 188 Å². The molecule has 1 fully saturated rings. The number of benzene rings is 2. The van der Waals surface area contributed by atoms with Gasteiger partial charge in [-0.2, -0.15) is 0 Å². The Kier molecular flexibility index (Phi) is 6.87. The van der Waals surface area contributed by atoms with Crippen LogP contribution in [0.5, 0.6) is 5.75 Å². The maximum atomic E-state index is 13.4. The fourth-order valence-electron chi connectivity index (χ4n) is 4.70. The molecule has 170 valence electrons. The molecule has 1 aliphatic heterocycles. The van der Waals surface area contributed by atoms with E-state index in [9.17, 15) is 19.5 Å². The lowest BCUT2D eigenvalue weighted by molar-refractivity contribution is -0.239. The van der Waals surface area contributed by atoms with Gasteiger partial charge in [0.25, 0.3) is 0 Å². The fourth-order valence-corrected chi connectivity index (χ4v) is 4.70. The van der Waals surface area contributed by atoms with Crippen LogP contribution in [0.2, 0.25) is 0 Å². The highest BCUT2D eigenvalue weighted by Crippen LogP contribution is 2.56. The Morgan fingerprint density at radius 2 is 1.56 bits per heavy atom. The molecule has 7 nitrogen and oxygen atoms in total. The average molecular weight is 439 g/mol. The molecule has 2 aromatic carbocycles. The zero-order valence-electron chi connectivity index (χ0n) is 18.7. The zero-order chi connectivity index (χ0) is 23.4. The van der Waals surface area contributed by atoms with Crippen LogP contribution in [0, 0.1) is 5.41 Å². The summed E-state index contributed by atoms with van der Waals surface area (Å²) in [7, 11) is 0. The van der Waals surface area contributed by atoms with Crippen LogP contribution in [0.15, 0.2) is 60.7 Å². The van der Waals surface area contributed by atoms with Gasteiger partial charge in [0, 0.05) is 0 Å². The summed E-state index contributed by atoms with van der Waals surface area (Å²) >= 11 is 0. The Bertz CT molecular complexity index is 959. The lowest BCUT2D eigenvalue weighted by Gasteiger charge is -2.61. The molecule has 7 heteroatoms. The summed E-state index contributed by atoms with van der Waals surface area (Å²) in [5.74, 6) is -1.16. The first kappa shape index (κ1) is 23.3. The minimum absolute atomic E-state index is 0.325. The number of carbonyl (C=O) groups is 3. The van der Waals surface area contributed by atoms with Crippen LogP contribution >= 0.6 is 0 Å². The van der Waals surface area contributed by atoms with E-state index < -0.39 is 35.5 Å². The number of β-lactam (4-membered cyclic amide) rings is 1. The number of nitrogens with zero attached hydrogens (tertiary/aromatic N) is 1. The van der Waals surface area contributed by atoms with Crippen LogP contribution in [0.3, 0.4) is 0 Å². The Morgan fingerprint density at radius 1 is 1.00 bits per heavy atom. The summed E-state index contributed by atoms with van der Waals surface area (Å²) in [5, 5.41) is 12.7. The van der Waals surface area contributed by atoms with Gasteiger partial charge in [0.2, 0.25) is 11.6 Å². The highest BCUT2D eigenvalue weighted by atomic mass is 16.5.